The quantitative estimate of drug-likeness (QED) is 0.0512. The minimum atomic E-state index is -0.671. The van der Waals surface area contributed by atoms with Gasteiger partial charge in [-0.05, 0) is 77.9 Å². The van der Waals surface area contributed by atoms with E-state index >= 15 is 0 Å². The lowest BCUT2D eigenvalue weighted by atomic mass is 9.50. The first-order valence-electron chi connectivity index (χ1n) is 30.5. The number of nitrogens with zero attached hydrogens (tertiary/aromatic N) is 6. The molecule has 0 aliphatic rings. The van der Waals surface area contributed by atoms with Crippen LogP contribution in [-0.2, 0) is 9.47 Å². The zero-order chi connectivity index (χ0) is 61.4. The Morgan fingerprint density at radius 2 is 0.899 bits per heavy atom. The van der Waals surface area contributed by atoms with Crippen LogP contribution in [0.15, 0.2) is 218 Å². The summed E-state index contributed by atoms with van der Waals surface area (Å²) in [6, 6.07) is 77.4. The molecule has 436 valence electrons. The number of rotatable bonds is 21. The Bertz CT molecular complexity index is 4520. The zero-order valence-corrected chi connectivity index (χ0v) is 51.8. The lowest BCUT2D eigenvalue weighted by molar-refractivity contribution is 0.0425. The SMILES string of the molecule is CCCCC(CC)COC(=O)c1cccc(-c2c3/c(=C(\C#N)c4nc5ccccc5s4)n(B(c4ccccc4)c4ccccc4)c(-c4cccc(C(=O)OCC(C)CC)c4)c3/c(=C(\C#N)c3nc4ccccc4s3)n2B(c2ccccc2)c2ccccc2)c1. The van der Waals surface area contributed by atoms with Gasteiger partial charge in [-0.3, -0.25) is 0 Å². The first-order valence-corrected chi connectivity index (χ1v) is 32.2. The van der Waals surface area contributed by atoms with Crippen LogP contribution in [-0.4, -0.2) is 57.8 Å². The summed E-state index contributed by atoms with van der Waals surface area (Å²) in [7, 11) is 0. The zero-order valence-electron chi connectivity index (χ0n) is 50.2. The normalized spacial score (nSPS) is 12.7. The highest BCUT2D eigenvalue weighted by atomic mass is 32.1. The molecule has 89 heavy (non-hydrogen) atoms. The van der Waals surface area contributed by atoms with Crippen molar-refractivity contribution in [2.75, 3.05) is 13.2 Å². The number of carbonyl (C=O) groups is 2. The first kappa shape index (κ1) is 59.5. The number of para-hydroxylation sites is 2. The van der Waals surface area contributed by atoms with Gasteiger partial charge in [0.1, 0.15) is 33.3 Å². The Morgan fingerprint density at radius 1 is 0.506 bits per heavy atom. The van der Waals surface area contributed by atoms with Crippen molar-refractivity contribution in [1.29, 1.82) is 10.5 Å². The van der Waals surface area contributed by atoms with Gasteiger partial charge in [-0.25, -0.2) is 19.6 Å². The van der Waals surface area contributed by atoms with E-state index in [-0.39, 0.29) is 36.2 Å². The molecule has 12 rings (SSSR count). The van der Waals surface area contributed by atoms with Crippen molar-refractivity contribution in [2.24, 2.45) is 11.8 Å². The van der Waals surface area contributed by atoms with E-state index < -0.39 is 25.6 Å². The van der Waals surface area contributed by atoms with Crippen LogP contribution in [0.5, 0.6) is 0 Å². The van der Waals surface area contributed by atoms with Gasteiger partial charge in [-0.1, -0.05) is 245 Å². The fourth-order valence-electron chi connectivity index (χ4n) is 12.0. The standard InChI is InChI=1S/C75H64B2N6O4S2/c1-5-8-27-51(7-3)49-87-75(85)55-31-26-29-53(45-55)69-67-66(70(60(46-78)72-80-62-40-21-23-42-64(62)88-72)83(69)77(58-36-17-11-18-37-58)59-38-19-12-20-39-59)68(52-28-25-30-54(44-52)74(84)86-48-50(4)6-2)82(76(56-32-13-9-14-33-56)57-34-15-10-16-35-57)71(67)61(47-79)73-81-63-41-22-24-43-65(63)89-73/h9-26,28-45,50-51H,5-8,27,48-49H2,1-4H3/b70-60-,71-61-. The molecule has 0 spiro atoms. The van der Waals surface area contributed by atoms with Crippen molar-refractivity contribution in [3.8, 4) is 34.7 Å². The number of hydrogen-bond donors (Lipinski definition) is 0. The molecule has 0 bridgehead atoms. The van der Waals surface area contributed by atoms with Crippen LogP contribution in [0.4, 0.5) is 0 Å². The van der Waals surface area contributed by atoms with Crippen LogP contribution < -0.4 is 32.5 Å². The van der Waals surface area contributed by atoms with Gasteiger partial charge in [0, 0.05) is 22.2 Å². The maximum Gasteiger partial charge on any atom is 0.338 e. The van der Waals surface area contributed by atoms with Crippen molar-refractivity contribution in [1.82, 2.24) is 18.9 Å². The molecule has 14 heteroatoms. The van der Waals surface area contributed by atoms with Crippen molar-refractivity contribution in [3.63, 3.8) is 0 Å². The third kappa shape index (κ3) is 12.0. The number of ether oxygens (including phenoxy) is 2. The molecule has 10 nitrogen and oxygen atoms in total. The monoisotopic (exact) mass is 1200 g/mol. The minimum Gasteiger partial charge on any atom is -0.462 e. The summed E-state index contributed by atoms with van der Waals surface area (Å²) < 4.78 is 18.6. The number of hydrogen-bond acceptors (Lipinski definition) is 10. The summed E-state index contributed by atoms with van der Waals surface area (Å²) in [6.45, 7) is 7.61. The smallest absolute Gasteiger partial charge is 0.338 e. The van der Waals surface area contributed by atoms with E-state index in [1.165, 1.54) is 22.7 Å². The Kier molecular flexibility index (Phi) is 18.1. The Labute approximate surface area is 527 Å². The lowest BCUT2D eigenvalue weighted by Gasteiger charge is -2.24. The highest BCUT2D eigenvalue weighted by Gasteiger charge is 2.38. The predicted octanol–water partition coefficient (Wildman–Crippen LogP) is 13.3. The summed E-state index contributed by atoms with van der Waals surface area (Å²) in [5.74, 6) is -0.605. The Hall–Kier alpha value is -9.85. The summed E-state index contributed by atoms with van der Waals surface area (Å²) in [5, 5.41) is 28.1. The van der Waals surface area contributed by atoms with Crippen LogP contribution in [0.3, 0.4) is 0 Å². The van der Waals surface area contributed by atoms with E-state index in [2.05, 4.69) is 97.3 Å². The summed E-state index contributed by atoms with van der Waals surface area (Å²) in [4.78, 5) is 40.0. The molecule has 0 aliphatic carbocycles. The second kappa shape index (κ2) is 27.0. The van der Waals surface area contributed by atoms with Crippen LogP contribution in [0.2, 0.25) is 0 Å². The number of thiazole rings is 2. The summed E-state index contributed by atoms with van der Waals surface area (Å²) in [6.07, 6.45) is 4.73. The van der Waals surface area contributed by atoms with Crippen molar-refractivity contribution in [2.45, 2.75) is 59.8 Å². The largest absolute Gasteiger partial charge is 0.462 e. The molecule has 0 amide bonds. The lowest BCUT2D eigenvalue weighted by Crippen LogP contribution is -2.54. The third-order valence-corrected chi connectivity index (χ3v) is 18.9. The molecule has 4 aromatic heterocycles. The Balaban J connectivity index is 1.38. The van der Waals surface area contributed by atoms with E-state index in [4.69, 9.17) is 19.4 Å². The maximum absolute atomic E-state index is 14.8. The number of aromatic nitrogens is 4. The second-order valence-electron chi connectivity index (χ2n) is 22.6. The van der Waals surface area contributed by atoms with Gasteiger partial charge in [-0.15, -0.1) is 22.7 Å². The average molecular weight is 1200 g/mol. The second-order valence-corrected chi connectivity index (χ2v) is 24.6. The molecule has 0 saturated heterocycles. The molecule has 0 saturated carbocycles. The Morgan fingerprint density at radius 3 is 1.27 bits per heavy atom. The van der Waals surface area contributed by atoms with E-state index in [0.717, 1.165) is 74.4 Å². The average Bonchev–Trinajstić information content (AvgIpc) is 1.53. The molecule has 2 atom stereocenters. The molecule has 4 heterocycles. The molecule has 0 aliphatic heterocycles. The van der Waals surface area contributed by atoms with Gasteiger partial charge >= 0.3 is 25.6 Å². The topological polar surface area (TPSA) is 136 Å². The summed E-state index contributed by atoms with van der Waals surface area (Å²) >= 11 is 2.86. The summed E-state index contributed by atoms with van der Waals surface area (Å²) in [5.41, 5.74) is 8.74. The van der Waals surface area contributed by atoms with Gasteiger partial charge in [0.2, 0.25) is 0 Å². The van der Waals surface area contributed by atoms with Crippen LogP contribution in [0.1, 0.15) is 90.5 Å². The highest BCUT2D eigenvalue weighted by Crippen LogP contribution is 2.39. The molecule has 8 aromatic carbocycles. The third-order valence-electron chi connectivity index (χ3n) is 16.8. The van der Waals surface area contributed by atoms with E-state index in [1.54, 1.807) is 12.1 Å². The number of nitriles is 2. The molecule has 0 N–H and O–H groups in total. The minimum absolute atomic E-state index is 0.131. The first-order chi connectivity index (χ1) is 43.7. The number of esters is 2. The number of unbranched alkanes of at least 4 members (excludes halogenated alkanes) is 1. The fourth-order valence-corrected chi connectivity index (χ4v) is 14.0. The van der Waals surface area contributed by atoms with Crippen LogP contribution in [0, 0.1) is 34.5 Å². The van der Waals surface area contributed by atoms with Gasteiger partial charge in [0.15, 0.2) is 0 Å². The maximum atomic E-state index is 14.8. The molecule has 0 radical (unpaired) electrons. The van der Waals surface area contributed by atoms with E-state index in [1.807, 2.05) is 158 Å². The van der Waals surface area contributed by atoms with Gasteiger partial charge in [-0.2, -0.15) is 10.5 Å². The van der Waals surface area contributed by atoms with Crippen LogP contribution >= 0.6 is 22.7 Å². The van der Waals surface area contributed by atoms with Gasteiger partial charge < -0.3 is 18.4 Å². The van der Waals surface area contributed by atoms with Crippen LogP contribution in [0.25, 0.3) is 64.9 Å². The number of carbonyl (C=O) groups excluding carboxylic acids is 2. The number of benzene rings is 8. The van der Waals surface area contributed by atoms with Gasteiger partial charge in [0.25, 0.3) is 0 Å². The fraction of sp³-hybridized carbons (Fsp3) is 0.173. The van der Waals surface area contributed by atoms with Crippen molar-refractivity contribution < 1.29 is 19.1 Å². The molecular formula is C75H64B2N6O4S2. The number of fused-ring (bicyclic) bond motifs is 3. The molecule has 2 unspecified atom stereocenters. The van der Waals surface area contributed by atoms with E-state index in [9.17, 15) is 20.1 Å². The molecular weight excluding hydrogens is 1130 g/mol. The van der Waals surface area contributed by atoms with Crippen molar-refractivity contribution in [3.05, 3.63) is 250 Å². The predicted molar refractivity (Wildman–Crippen MR) is 365 cm³/mol. The van der Waals surface area contributed by atoms with E-state index in [0.29, 0.717) is 65.1 Å². The van der Waals surface area contributed by atoms with Crippen molar-refractivity contribution >= 4 is 113 Å². The van der Waals surface area contributed by atoms with Gasteiger partial charge in [0.05, 0.1) is 55.5 Å². The molecule has 0 fully saturated rings. The molecule has 12 aromatic rings. The highest BCUT2D eigenvalue weighted by molar-refractivity contribution is 7.20.